The first kappa shape index (κ1) is 15.2. The van der Waals surface area contributed by atoms with Gasteiger partial charge >= 0.3 is 12.0 Å². The van der Waals surface area contributed by atoms with Crippen LogP contribution in [0.15, 0.2) is 36.7 Å². The van der Waals surface area contributed by atoms with Crippen LogP contribution in [0.1, 0.15) is 10.4 Å². The molecule has 22 heavy (non-hydrogen) atoms. The number of nitrogens with zero attached hydrogens (tertiary/aromatic N) is 2. The first-order chi connectivity index (χ1) is 10.6. The van der Waals surface area contributed by atoms with Crippen LogP contribution in [0.2, 0.25) is 0 Å². The molecule has 0 unspecified atom stereocenters. The fourth-order valence-corrected chi connectivity index (χ4v) is 1.50. The van der Waals surface area contributed by atoms with Crippen molar-refractivity contribution < 1.29 is 24.2 Å². The Morgan fingerprint density at radius 3 is 2.36 bits per heavy atom. The van der Waals surface area contributed by atoms with Gasteiger partial charge in [0.05, 0.1) is 12.7 Å². The van der Waals surface area contributed by atoms with Gasteiger partial charge in [-0.1, -0.05) is 0 Å². The molecule has 0 aliphatic carbocycles. The van der Waals surface area contributed by atoms with Crippen LogP contribution in [-0.4, -0.2) is 40.7 Å². The molecule has 0 spiro atoms. The molecule has 1 heterocycles. The second kappa shape index (κ2) is 7.02. The molecule has 2 N–H and O–H groups in total. The van der Waals surface area contributed by atoms with Crippen molar-refractivity contribution in [3.05, 3.63) is 42.2 Å². The highest BCUT2D eigenvalue weighted by Crippen LogP contribution is 2.14. The number of benzene rings is 1. The second-order valence-electron chi connectivity index (χ2n) is 4.12. The van der Waals surface area contributed by atoms with Crippen molar-refractivity contribution in [1.29, 1.82) is 0 Å². The number of anilines is 1. The number of carboxylic acids is 1. The number of nitrogens with one attached hydrogen (secondary N) is 1. The van der Waals surface area contributed by atoms with E-state index in [-0.39, 0.29) is 18.2 Å². The highest BCUT2D eigenvalue weighted by atomic mass is 16.5. The molecule has 0 saturated carbocycles. The Morgan fingerprint density at radius 1 is 1.18 bits per heavy atom. The number of hydrogen-bond donors (Lipinski definition) is 2. The van der Waals surface area contributed by atoms with Gasteiger partial charge in [0, 0.05) is 18.1 Å². The van der Waals surface area contributed by atoms with Crippen molar-refractivity contribution in [3.8, 4) is 11.8 Å². The monoisotopic (exact) mass is 303 g/mol. The van der Waals surface area contributed by atoms with E-state index >= 15 is 0 Å². The van der Waals surface area contributed by atoms with Gasteiger partial charge in [0.15, 0.2) is 6.61 Å². The van der Waals surface area contributed by atoms with Gasteiger partial charge in [-0.2, -0.15) is 0 Å². The molecular formula is C14H13N3O5. The minimum absolute atomic E-state index is 0.0602. The number of aromatic carboxylic acids is 1. The molecule has 0 saturated heterocycles. The van der Waals surface area contributed by atoms with E-state index in [1.807, 2.05) is 0 Å². The third-order valence-electron chi connectivity index (χ3n) is 2.58. The Labute approximate surface area is 125 Å². The number of aromatic nitrogens is 2. The number of carbonyl (C=O) groups is 2. The molecule has 8 nitrogen and oxygen atoms in total. The van der Waals surface area contributed by atoms with E-state index in [4.69, 9.17) is 14.6 Å². The lowest BCUT2D eigenvalue weighted by molar-refractivity contribution is -0.118. The van der Waals surface area contributed by atoms with Gasteiger partial charge in [0.25, 0.3) is 5.91 Å². The van der Waals surface area contributed by atoms with Crippen molar-refractivity contribution in [1.82, 2.24) is 9.97 Å². The first-order valence-corrected chi connectivity index (χ1v) is 6.20. The van der Waals surface area contributed by atoms with Gasteiger partial charge in [-0.05, 0) is 24.3 Å². The van der Waals surface area contributed by atoms with E-state index in [2.05, 4.69) is 15.3 Å². The van der Waals surface area contributed by atoms with Crippen LogP contribution in [0.5, 0.6) is 11.8 Å². The fourth-order valence-electron chi connectivity index (χ4n) is 1.50. The molecule has 0 radical (unpaired) electrons. The largest absolute Gasteiger partial charge is 0.497 e. The molecule has 0 atom stereocenters. The van der Waals surface area contributed by atoms with Gasteiger partial charge in [-0.25, -0.2) is 14.8 Å². The zero-order chi connectivity index (χ0) is 15.9. The molecule has 0 fully saturated rings. The Hall–Kier alpha value is -3.16. The third kappa shape index (κ3) is 4.17. The lowest BCUT2D eigenvalue weighted by atomic mass is 10.3. The Balaban J connectivity index is 1.85. The van der Waals surface area contributed by atoms with Crippen LogP contribution in [0, 0.1) is 0 Å². The van der Waals surface area contributed by atoms with Crippen LogP contribution < -0.4 is 14.8 Å². The Kier molecular flexibility index (Phi) is 4.86. The predicted octanol–water partition coefficient (Wildman–Crippen LogP) is 1.20. The van der Waals surface area contributed by atoms with E-state index in [0.29, 0.717) is 11.4 Å². The smallest absolute Gasteiger partial charge is 0.338 e. The normalized spacial score (nSPS) is 9.86. The van der Waals surface area contributed by atoms with Crippen LogP contribution >= 0.6 is 0 Å². The fraction of sp³-hybridized carbons (Fsp3) is 0.143. The summed E-state index contributed by atoms with van der Waals surface area (Å²) in [7, 11) is 1.55. The maximum absolute atomic E-state index is 11.7. The molecule has 1 aromatic heterocycles. The standard InChI is InChI=1S/C14H13N3O5/c1-21-11-4-2-10(3-5-11)17-12(18)8-22-14-15-6-9(7-16-14)13(19)20/h2-7H,8H2,1H3,(H,17,18)(H,19,20). The molecule has 8 heteroatoms. The van der Waals surface area contributed by atoms with Crippen molar-refractivity contribution in [2.45, 2.75) is 0 Å². The minimum atomic E-state index is -1.14. The summed E-state index contributed by atoms with van der Waals surface area (Å²) in [4.78, 5) is 29.7. The second-order valence-corrected chi connectivity index (χ2v) is 4.12. The average molecular weight is 303 g/mol. The van der Waals surface area contributed by atoms with Crippen LogP contribution in [0.4, 0.5) is 5.69 Å². The maximum Gasteiger partial charge on any atom is 0.338 e. The molecule has 114 valence electrons. The zero-order valence-corrected chi connectivity index (χ0v) is 11.6. The minimum Gasteiger partial charge on any atom is -0.497 e. The van der Waals surface area contributed by atoms with Gasteiger partial charge in [-0.15, -0.1) is 0 Å². The van der Waals surface area contributed by atoms with E-state index in [9.17, 15) is 9.59 Å². The van der Waals surface area contributed by atoms with Crippen molar-refractivity contribution in [3.63, 3.8) is 0 Å². The summed E-state index contributed by atoms with van der Waals surface area (Å²) < 4.78 is 10.1. The van der Waals surface area contributed by atoms with Gasteiger partial charge in [-0.3, -0.25) is 4.79 Å². The SMILES string of the molecule is COc1ccc(NC(=O)COc2ncc(C(=O)O)cn2)cc1. The highest BCUT2D eigenvalue weighted by molar-refractivity contribution is 5.91. The lowest BCUT2D eigenvalue weighted by Crippen LogP contribution is -2.20. The van der Waals surface area contributed by atoms with E-state index in [1.54, 1.807) is 31.4 Å². The van der Waals surface area contributed by atoms with Crippen LogP contribution in [-0.2, 0) is 4.79 Å². The van der Waals surface area contributed by atoms with Crippen LogP contribution in [0.3, 0.4) is 0 Å². The topological polar surface area (TPSA) is 111 Å². The highest BCUT2D eigenvalue weighted by Gasteiger charge is 2.07. The van der Waals surface area contributed by atoms with Gasteiger partial charge in [0.1, 0.15) is 5.75 Å². The van der Waals surface area contributed by atoms with E-state index in [0.717, 1.165) is 12.4 Å². The maximum atomic E-state index is 11.7. The summed E-state index contributed by atoms with van der Waals surface area (Å²) in [5.41, 5.74) is 0.534. The predicted molar refractivity (Wildman–Crippen MR) is 76.1 cm³/mol. The number of amides is 1. The number of ether oxygens (including phenoxy) is 2. The third-order valence-corrected chi connectivity index (χ3v) is 2.58. The quantitative estimate of drug-likeness (QED) is 0.824. The number of carbonyl (C=O) groups excluding carboxylic acids is 1. The van der Waals surface area contributed by atoms with E-state index in [1.165, 1.54) is 0 Å². The van der Waals surface area contributed by atoms with Gasteiger partial charge in [0.2, 0.25) is 0 Å². The number of hydrogen-bond acceptors (Lipinski definition) is 6. The van der Waals surface area contributed by atoms with Crippen LogP contribution in [0.25, 0.3) is 0 Å². The van der Waals surface area contributed by atoms with Crippen molar-refractivity contribution in [2.75, 3.05) is 19.0 Å². The number of carboxylic acid groups (broad SMARTS) is 1. The molecule has 0 bridgehead atoms. The Bertz CT molecular complexity index is 655. The average Bonchev–Trinajstić information content (AvgIpc) is 2.54. The van der Waals surface area contributed by atoms with E-state index < -0.39 is 11.9 Å². The summed E-state index contributed by atoms with van der Waals surface area (Å²) in [6.07, 6.45) is 2.21. The summed E-state index contributed by atoms with van der Waals surface area (Å²) in [5.74, 6) is -0.846. The molecular weight excluding hydrogens is 290 g/mol. The molecule has 1 aromatic carbocycles. The number of methoxy groups -OCH3 is 1. The van der Waals surface area contributed by atoms with Crippen molar-refractivity contribution in [2.24, 2.45) is 0 Å². The lowest BCUT2D eigenvalue weighted by Gasteiger charge is -2.07. The molecule has 0 aliphatic heterocycles. The summed E-state index contributed by atoms with van der Waals surface area (Å²) in [6.45, 7) is -0.293. The summed E-state index contributed by atoms with van der Waals surface area (Å²) in [6, 6.07) is 6.73. The van der Waals surface area contributed by atoms with Gasteiger partial charge < -0.3 is 19.9 Å². The summed E-state index contributed by atoms with van der Waals surface area (Å²) in [5, 5.41) is 11.3. The molecule has 0 aliphatic rings. The molecule has 2 aromatic rings. The summed E-state index contributed by atoms with van der Waals surface area (Å²) >= 11 is 0. The van der Waals surface area contributed by atoms with Crippen molar-refractivity contribution >= 4 is 17.6 Å². The zero-order valence-electron chi connectivity index (χ0n) is 11.6. The molecule has 2 rings (SSSR count). The number of rotatable bonds is 6. The Morgan fingerprint density at radius 2 is 1.82 bits per heavy atom. The first-order valence-electron chi connectivity index (χ1n) is 6.20. The molecule has 1 amide bonds.